The molecule has 1 fully saturated rings. The standard InChI is InChI=1S/C15H16N4O2/c1-19(10-8-11(20)9-10)15(21)13-5-7-17-14(18-13)12-4-2-3-6-16-12/h2-7,10-11,20H,8-9H2,1H3. The van der Waals surface area contributed by atoms with Crippen molar-refractivity contribution in [2.45, 2.75) is 25.0 Å². The molecule has 1 amide bonds. The maximum Gasteiger partial charge on any atom is 0.272 e. The molecule has 0 aliphatic heterocycles. The minimum atomic E-state index is -0.292. The van der Waals surface area contributed by atoms with Crippen molar-refractivity contribution >= 4 is 5.91 Å². The molecule has 21 heavy (non-hydrogen) atoms. The van der Waals surface area contributed by atoms with E-state index in [1.807, 2.05) is 12.1 Å². The molecular weight excluding hydrogens is 268 g/mol. The number of aliphatic hydroxyl groups excluding tert-OH is 1. The van der Waals surface area contributed by atoms with Crippen molar-refractivity contribution < 1.29 is 9.90 Å². The molecule has 1 saturated carbocycles. The number of hydrogen-bond donors (Lipinski definition) is 1. The minimum absolute atomic E-state index is 0.0840. The van der Waals surface area contributed by atoms with Gasteiger partial charge in [0.2, 0.25) is 0 Å². The first-order valence-corrected chi connectivity index (χ1v) is 6.85. The fourth-order valence-corrected chi connectivity index (χ4v) is 2.32. The lowest BCUT2D eigenvalue weighted by Gasteiger charge is -2.38. The van der Waals surface area contributed by atoms with Crippen LogP contribution in [0.4, 0.5) is 0 Å². The molecule has 0 saturated heterocycles. The molecule has 0 aromatic carbocycles. The highest BCUT2D eigenvalue weighted by molar-refractivity contribution is 5.92. The summed E-state index contributed by atoms with van der Waals surface area (Å²) >= 11 is 0. The van der Waals surface area contributed by atoms with Crippen LogP contribution in [-0.2, 0) is 0 Å². The molecule has 1 aliphatic rings. The summed E-state index contributed by atoms with van der Waals surface area (Å²) in [5.41, 5.74) is 0.975. The second-order valence-corrected chi connectivity index (χ2v) is 5.18. The summed E-state index contributed by atoms with van der Waals surface area (Å²) in [6.45, 7) is 0. The van der Waals surface area contributed by atoms with Crippen molar-refractivity contribution in [3.05, 3.63) is 42.4 Å². The van der Waals surface area contributed by atoms with Crippen LogP contribution in [-0.4, -0.2) is 50.1 Å². The topological polar surface area (TPSA) is 79.2 Å². The van der Waals surface area contributed by atoms with Crippen LogP contribution in [0.3, 0.4) is 0 Å². The molecule has 2 aromatic heterocycles. The van der Waals surface area contributed by atoms with Gasteiger partial charge in [-0.2, -0.15) is 0 Å². The van der Waals surface area contributed by atoms with Gasteiger partial charge < -0.3 is 10.0 Å². The molecule has 0 bridgehead atoms. The van der Waals surface area contributed by atoms with Crippen LogP contribution in [0.25, 0.3) is 11.5 Å². The molecule has 3 rings (SSSR count). The van der Waals surface area contributed by atoms with Crippen LogP contribution in [0, 0.1) is 0 Å². The SMILES string of the molecule is CN(C(=O)c1ccnc(-c2ccccn2)n1)C1CC(O)C1. The van der Waals surface area contributed by atoms with Crippen LogP contribution in [0.5, 0.6) is 0 Å². The van der Waals surface area contributed by atoms with Gasteiger partial charge in [-0.05, 0) is 31.0 Å². The first-order valence-electron chi connectivity index (χ1n) is 6.85. The van der Waals surface area contributed by atoms with Crippen LogP contribution in [0.2, 0.25) is 0 Å². The molecule has 2 heterocycles. The van der Waals surface area contributed by atoms with Crippen molar-refractivity contribution in [1.82, 2.24) is 19.9 Å². The zero-order valence-corrected chi connectivity index (χ0v) is 11.7. The average Bonchev–Trinajstić information content (AvgIpc) is 2.51. The zero-order valence-electron chi connectivity index (χ0n) is 11.7. The number of amides is 1. The molecule has 0 spiro atoms. The minimum Gasteiger partial charge on any atom is -0.393 e. The number of carbonyl (C=O) groups excluding carboxylic acids is 1. The van der Waals surface area contributed by atoms with Crippen molar-refractivity contribution in [2.75, 3.05) is 7.05 Å². The zero-order chi connectivity index (χ0) is 14.8. The van der Waals surface area contributed by atoms with Gasteiger partial charge in [-0.15, -0.1) is 0 Å². The van der Waals surface area contributed by atoms with Gasteiger partial charge in [0.15, 0.2) is 5.82 Å². The Morgan fingerprint density at radius 1 is 1.24 bits per heavy atom. The van der Waals surface area contributed by atoms with Crippen LogP contribution < -0.4 is 0 Å². The molecule has 108 valence electrons. The van der Waals surface area contributed by atoms with Crippen molar-refractivity contribution in [3.63, 3.8) is 0 Å². The Balaban J connectivity index is 1.81. The van der Waals surface area contributed by atoms with E-state index in [4.69, 9.17) is 0 Å². The molecule has 0 atom stereocenters. The van der Waals surface area contributed by atoms with E-state index in [0.717, 1.165) is 0 Å². The maximum absolute atomic E-state index is 12.4. The number of carbonyl (C=O) groups is 1. The third-order valence-electron chi connectivity index (χ3n) is 3.73. The summed E-state index contributed by atoms with van der Waals surface area (Å²) in [5, 5.41) is 9.34. The lowest BCUT2D eigenvalue weighted by molar-refractivity contribution is 0.0129. The largest absolute Gasteiger partial charge is 0.393 e. The number of nitrogens with zero attached hydrogens (tertiary/aromatic N) is 4. The first kappa shape index (κ1) is 13.6. The van der Waals surface area contributed by atoms with Crippen molar-refractivity contribution in [2.24, 2.45) is 0 Å². The van der Waals surface area contributed by atoms with Gasteiger partial charge in [-0.1, -0.05) is 6.07 Å². The van der Waals surface area contributed by atoms with Gasteiger partial charge in [0, 0.05) is 25.5 Å². The summed E-state index contributed by atoms with van der Waals surface area (Å²) in [5.74, 6) is 0.273. The third-order valence-corrected chi connectivity index (χ3v) is 3.73. The second kappa shape index (κ2) is 5.57. The fraction of sp³-hybridized carbons (Fsp3) is 0.333. The summed E-state index contributed by atoms with van der Waals surface area (Å²) < 4.78 is 0. The Morgan fingerprint density at radius 3 is 2.71 bits per heavy atom. The highest BCUT2D eigenvalue weighted by Crippen LogP contribution is 2.25. The summed E-state index contributed by atoms with van der Waals surface area (Å²) in [6.07, 6.45) is 4.18. The van der Waals surface area contributed by atoms with E-state index in [0.29, 0.717) is 30.1 Å². The van der Waals surface area contributed by atoms with Gasteiger partial charge in [0.05, 0.1) is 6.10 Å². The Labute approximate surface area is 122 Å². The van der Waals surface area contributed by atoms with E-state index in [9.17, 15) is 9.90 Å². The quantitative estimate of drug-likeness (QED) is 0.914. The normalized spacial score (nSPS) is 20.7. The molecule has 6 heteroatoms. The van der Waals surface area contributed by atoms with Crippen molar-refractivity contribution in [3.8, 4) is 11.5 Å². The number of rotatable bonds is 3. The van der Waals surface area contributed by atoms with E-state index < -0.39 is 0 Å². The second-order valence-electron chi connectivity index (χ2n) is 5.18. The number of pyridine rings is 1. The Kier molecular flexibility index (Phi) is 3.62. The summed E-state index contributed by atoms with van der Waals surface area (Å²) in [4.78, 5) is 26.7. The predicted octanol–water partition coefficient (Wildman–Crippen LogP) is 1.13. The van der Waals surface area contributed by atoms with E-state index in [1.165, 1.54) is 0 Å². The van der Waals surface area contributed by atoms with Crippen LogP contribution in [0.15, 0.2) is 36.7 Å². The van der Waals surface area contributed by atoms with E-state index in [2.05, 4.69) is 15.0 Å². The first-order chi connectivity index (χ1) is 10.1. The summed E-state index contributed by atoms with van der Waals surface area (Å²) in [7, 11) is 1.74. The van der Waals surface area contributed by atoms with E-state index >= 15 is 0 Å². The number of hydrogen-bond acceptors (Lipinski definition) is 5. The van der Waals surface area contributed by atoms with Gasteiger partial charge in [-0.25, -0.2) is 9.97 Å². The van der Waals surface area contributed by atoms with Gasteiger partial charge in [0.25, 0.3) is 5.91 Å². The monoisotopic (exact) mass is 284 g/mol. The Hall–Kier alpha value is -2.34. The van der Waals surface area contributed by atoms with Crippen LogP contribution >= 0.6 is 0 Å². The highest BCUT2D eigenvalue weighted by atomic mass is 16.3. The van der Waals surface area contributed by atoms with Gasteiger partial charge in [0.1, 0.15) is 11.4 Å². The van der Waals surface area contributed by atoms with Crippen molar-refractivity contribution in [1.29, 1.82) is 0 Å². The molecule has 2 aromatic rings. The Bertz CT molecular complexity index is 641. The summed E-state index contributed by atoms with van der Waals surface area (Å²) in [6, 6.07) is 7.15. The average molecular weight is 284 g/mol. The maximum atomic E-state index is 12.4. The lowest BCUT2D eigenvalue weighted by Crippen LogP contribution is -2.48. The Morgan fingerprint density at radius 2 is 2.05 bits per heavy atom. The smallest absolute Gasteiger partial charge is 0.272 e. The molecule has 0 radical (unpaired) electrons. The molecule has 6 nitrogen and oxygen atoms in total. The molecule has 1 aliphatic carbocycles. The predicted molar refractivity (Wildman–Crippen MR) is 76.4 cm³/mol. The van der Waals surface area contributed by atoms with Crippen LogP contribution in [0.1, 0.15) is 23.3 Å². The lowest BCUT2D eigenvalue weighted by atomic mass is 9.88. The fourth-order valence-electron chi connectivity index (χ4n) is 2.32. The third kappa shape index (κ3) is 2.75. The number of aliphatic hydroxyl groups is 1. The highest BCUT2D eigenvalue weighted by Gasteiger charge is 2.33. The van der Waals surface area contributed by atoms with E-state index in [-0.39, 0.29) is 18.1 Å². The number of aromatic nitrogens is 3. The van der Waals surface area contributed by atoms with Gasteiger partial charge >= 0.3 is 0 Å². The molecular formula is C15H16N4O2. The van der Waals surface area contributed by atoms with Gasteiger partial charge in [-0.3, -0.25) is 9.78 Å². The van der Waals surface area contributed by atoms with E-state index in [1.54, 1.807) is 36.5 Å². The molecule has 1 N–H and O–H groups in total. The molecule has 0 unspecified atom stereocenters.